The number of ether oxygens (including phenoxy) is 3. The number of pyridine rings is 1. The minimum atomic E-state index is -0.0609. The topological polar surface area (TPSA) is 72.9 Å². The van der Waals surface area contributed by atoms with Crippen molar-refractivity contribution in [2.75, 3.05) is 40.0 Å². The lowest BCUT2D eigenvalue weighted by Gasteiger charge is -2.37. The Labute approximate surface area is 215 Å². The first-order valence-corrected chi connectivity index (χ1v) is 13.8. The van der Waals surface area contributed by atoms with Crippen molar-refractivity contribution < 1.29 is 19.0 Å². The van der Waals surface area contributed by atoms with Crippen LogP contribution in [0.15, 0.2) is 24.3 Å². The maximum absolute atomic E-state index is 13.9. The molecule has 2 aliphatic rings. The minimum absolute atomic E-state index is 0.0609. The molecule has 1 aromatic carbocycles. The highest BCUT2D eigenvalue weighted by molar-refractivity contribution is 5.98. The number of carbonyl (C=O) groups is 1. The molecule has 1 aromatic heterocycles. The Bertz CT molecular complexity index is 984. The van der Waals surface area contributed by atoms with Crippen LogP contribution in [0.4, 0.5) is 0 Å². The lowest BCUT2D eigenvalue weighted by molar-refractivity contribution is 0.0567. The predicted molar refractivity (Wildman–Crippen MR) is 143 cm³/mol. The number of nitrogens with one attached hydrogen (secondary N) is 1. The quantitative estimate of drug-likeness (QED) is 0.430. The summed E-state index contributed by atoms with van der Waals surface area (Å²) in [7, 11) is 1.65. The van der Waals surface area contributed by atoms with Gasteiger partial charge in [-0.25, -0.2) is 4.98 Å². The van der Waals surface area contributed by atoms with Gasteiger partial charge in [0, 0.05) is 37.2 Å². The standard InChI is InChI=1S/C29H43N3O4/c1-21(2)32(23-11-8-15-30-20-23)29(33)25-19-27(36-18-17-34-3)24-12-7-13-26(28(24)31-25)35-16-14-22-9-5-4-6-10-22/h7,12-13,19,21-23,30H,4-6,8-11,14-18,20H2,1-3H3/t23-/m1/s1. The molecule has 0 radical (unpaired) electrons. The fourth-order valence-corrected chi connectivity index (χ4v) is 5.61. The number of hydrogen-bond acceptors (Lipinski definition) is 6. The Balaban J connectivity index is 1.63. The lowest BCUT2D eigenvalue weighted by atomic mass is 9.87. The van der Waals surface area contributed by atoms with Gasteiger partial charge in [-0.15, -0.1) is 0 Å². The van der Waals surface area contributed by atoms with Crippen LogP contribution in [-0.4, -0.2) is 67.9 Å². The Morgan fingerprint density at radius 2 is 1.86 bits per heavy atom. The van der Waals surface area contributed by atoms with E-state index in [1.807, 2.05) is 23.1 Å². The molecule has 0 unspecified atom stereocenters. The van der Waals surface area contributed by atoms with Crippen LogP contribution in [0.3, 0.4) is 0 Å². The smallest absolute Gasteiger partial charge is 0.273 e. The molecule has 0 bridgehead atoms. The summed E-state index contributed by atoms with van der Waals surface area (Å²) in [6.07, 6.45) is 9.74. The zero-order valence-corrected chi connectivity index (χ0v) is 22.3. The Hall–Kier alpha value is -2.38. The summed E-state index contributed by atoms with van der Waals surface area (Å²) >= 11 is 0. The second-order valence-corrected chi connectivity index (χ2v) is 10.4. The molecule has 7 heteroatoms. The van der Waals surface area contributed by atoms with Crippen molar-refractivity contribution in [3.05, 3.63) is 30.0 Å². The normalized spacial score (nSPS) is 18.9. The van der Waals surface area contributed by atoms with Gasteiger partial charge in [0.15, 0.2) is 0 Å². The fourth-order valence-electron chi connectivity index (χ4n) is 5.61. The number of para-hydroxylation sites is 1. The van der Waals surface area contributed by atoms with Gasteiger partial charge in [0.05, 0.1) is 13.2 Å². The molecule has 2 fully saturated rings. The average molecular weight is 498 g/mol. The van der Waals surface area contributed by atoms with Gasteiger partial charge < -0.3 is 24.4 Å². The highest BCUT2D eigenvalue weighted by atomic mass is 16.5. The first kappa shape index (κ1) is 26.7. The second-order valence-electron chi connectivity index (χ2n) is 10.4. The Morgan fingerprint density at radius 3 is 2.58 bits per heavy atom. The van der Waals surface area contributed by atoms with E-state index in [0.29, 0.717) is 42.5 Å². The number of fused-ring (bicyclic) bond motifs is 1. The summed E-state index contributed by atoms with van der Waals surface area (Å²) in [5.74, 6) is 2.04. The van der Waals surface area contributed by atoms with Crippen LogP contribution < -0.4 is 14.8 Å². The third-order valence-corrected chi connectivity index (χ3v) is 7.49. The van der Waals surface area contributed by atoms with E-state index in [1.165, 1.54) is 32.1 Å². The van der Waals surface area contributed by atoms with E-state index in [2.05, 4.69) is 19.2 Å². The molecule has 36 heavy (non-hydrogen) atoms. The minimum Gasteiger partial charge on any atom is -0.491 e. The van der Waals surface area contributed by atoms with Crippen molar-refractivity contribution in [1.82, 2.24) is 15.2 Å². The molecule has 198 valence electrons. The molecule has 1 N–H and O–H groups in total. The van der Waals surface area contributed by atoms with Crippen molar-refractivity contribution in [3.63, 3.8) is 0 Å². The van der Waals surface area contributed by atoms with Crippen LogP contribution in [-0.2, 0) is 4.74 Å². The Kier molecular flexibility index (Phi) is 9.82. The number of aromatic nitrogens is 1. The largest absolute Gasteiger partial charge is 0.491 e. The number of carbonyl (C=O) groups excluding carboxylic acids is 1. The molecule has 2 heterocycles. The number of amides is 1. The van der Waals surface area contributed by atoms with Gasteiger partial charge in [0.2, 0.25) is 0 Å². The molecular weight excluding hydrogens is 454 g/mol. The summed E-state index contributed by atoms with van der Waals surface area (Å²) in [6.45, 7) is 7.49. The first-order valence-electron chi connectivity index (χ1n) is 13.8. The molecule has 7 nitrogen and oxygen atoms in total. The van der Waals surface area contributed by atoms with Gasteiger partial charge in [-0.3, -0.25) is 4.79 Å². The van der Waals surface area contributed by atoms with Crippen molar-refractivity contribution in [2.24, 2.45) is 5.92 Å². The zero-order valence-electron chi connectivity index (χ0n) is 22.3. The van der Waals surface area contributed by atoms with Crippen molar-refractivity contribution in [1.29, 1.82) is 0 Å². The third kappa shape index (κ3) is 6.68. The molecule has 4 rings (SSSR count). The molecule has 1 aliphatic heterocycles. The first-order chi connectivity index (χ1) is 17.6. The van der Waals surface area contributed by atoms with Gasteiger partial charge in [-0.2, -0.15) is 0 Å². The summed E-state index contributed by atoms with van der Waals surface area (Å²) in [5.41, 5.74) is 1.09. The van der Waals surface area contributed by atoms with E-state index in [-0.39, 0.29) is 18.0 Å². The number of piperidine rings is 1. The average Bonchev–Trinajstić information content (AvgIpc) is 2.90. The van der Waals surface area contributed by atoms with Gasteiger partial charge in [0.25, 0.3) is 5.91 Å². The predicted octanol–water partition coefficient (Wildman–Crippen LogP) is 5.21. The summed E-state index contributed by atoms with van der Waals surface area (Å²) in [5, 5.41) is 4.29. The van der Waals surface area contributed by atoms with Crippen molar-refractivity contribution >= 4 is 16.8 Å². The van der Waals surface area contributed by atoms with E-state index in [9.17, 15) is 4.79 Å². The molecule has 1 saturated heterocycles. The summed E-state index contributed by atoms with van der Waals surface area (Å²) < 4.78 is 17.6. The highest BCUT2D eigenvalue weighted by Gasteiger charge is 2.30. The van der Waals surface area contributed by atoms with Crippen LogP contribution in [0.25, 0.3) is 10.9 Å². The summed E-state index contributed by atoms with van der Waals surface area (Å²) in [4.78, 5) is 20.7. The lowest BCUT2D eigenvalue weighted by Crippen LogP contribution is -2.51. The van der Waals surface area contributed by atoms with Gasteiger partial charge >= 0.3 is 0 Å². The molecule has 2 aromatic rings. The Morgan fingerprint density at radius 1 is 1.06 bits per heavy atom. The second kappa shape index (κ2) is 13.2. The molecule has 1 saturated carbocycles. The molecule has 1 amide bonds. The van der Waals surface area contributed by atoms with E-state index in [0.717, 1.165) is 43.7 Å². The van der Waals surface area contributed by atoms with Gasteiger partial charge in [0.1, 0.15) is 29.3 Å². The number of hydrogen-bond donors (Lipinski definition) is 1. The SMILES string of the molecule is COCCOc1cc(C(=O)N(C(C)C)[C@@H]2CCCNC2)nc2c(OCCC3CCCCC3)cccc12. The maximum atomic E-state index is 13.9. The van der Waals surface area contributed by atoms with Gasteiger partial charge in [-0.05, 0) is 57.7 Å². The molecular formula is C29H43N3O4. The maximum Gasteiger partial charge on any atom is 0.273 e. The van der Waals surface area contributed by atoms with Crippen molar-refractivity contribution in [3.8, 4) is 11.5 Å². The van der Waals surface area contributed by atoms with Crippen LogP contribution in [0, 0.1) is 5.92 Å². The molecule has 1 aliphatic carbocycles. The highest BCUT2D eigenvalue weighted by Crippen LogP contribution is 2.33. The zero-order chi connectivity index (χ0) is 25.3. The fraction of sp³-hybridized carbons (Fsp3) is 0.655. The molecule has 0 spiro atoms. The van der Waals surface area contributed by atoms with E-state index >= 15 is 0 Å². The van der Waals surface area contributed by atoms with Crippen LogP contribution >= 0.6 is 0 Å². The number of methoxy groups -OCH3 is 1. The van der Waals surface area contributed by atoms with Crippen LogP contribution in [0.5, 0.6) is 11.5 Å². The van der Waals surface area contributed by atoms with E-state index in [4.69, 9.17) is 19.2 Å². The number of benzene rings is 1. The van der Waals surface area contributed by atoms with Gasteiger partial charge in [-0.1, -0.05) is 38.2 Å². The summed E-state index contributed by atoms with van der Waals surface area (Å²) in [6, 6.07) is 7.92. The van der Waals surface area contributed by atoms with E-state index in [1.54, 1.807) is 13.2 Å². The van der Waals surface area contributed by atoms with Crippen LogP contribution in [0.2, 0.25) is 0 Å². The third-order valence-electron chi connectivity index (χ3n) is 7.49. The van der Waals surface area contributed by atoms with Crippen LogP contribution in [0.1, 0.15) is 75.7 Å². The monoisotopic (exact) mass is 497 g/mol. The number of nitrogens with zero attached hydrogens (tertiary/aromatic N) is 2. The number of rotatable bonds is 11. The van der Waals surface area contributed by atoms with Crippen molar-refractivity contribution in [2.45, 2.75) is 77.3 Å². The van der Waals surface area contributed by atoms with E-state index < -0.39 is 0 Å². The molecule has 1 atom stereocenters.